The predicted octanol–water partition coefficient (Wildman–Crippen LogP) is 2.04. The zero-order valence-electron chi connectivity index (χ0n) is 10.5. The molecular formula is C14H20N2O. The van der Waals surface area contributed by atoms with E-state index in [0.29, 0.717) is 5.92 Å². The smallest absolute Gasteiger partial charge is 0.223 e. The quantitative estimate of drug-likeness (QED) is 0.842. The van der Waals surface area contributed by atoms with Gasteiger partial charge >= 0.3 is 0 Å². The summed E-state index contributed by atoms with van der Waals surface area (Å²) in [6, 6.07) is 10.4. The monoisotopic (exact) mass is 232 g/mol. The third-order valence-corrected chi connectivity index (χ3v) is 3.08. The van der Waals surface area contributed by atoms with Crippen LogP contribution in [0.2, 0.25) is 0 Å². The fourth-order valence-electron chi connectivity index (χ4n) is 1.95. The number of hydrogen-bond donors (Lipinski definition) is 1. The largest absolute Gasteiger partial charge is 0.373 e. The molecule has 0 spiro atoms. The van der Waals surface area contributed by atoms with Gasteiger partial charge in [-0.1, -0.05) is 18.2 Å². The van der Waals surface area contributed by atoms with Crippen molar-refractivity contribution >= 4 is 11.6 Å². The summed E-state index contributed by atoms with van der Waals surface area (Å²) in [5.74, 6) is 0.512. The lowest BCUT2D eigenvalue weighted by Crippen LogP contribution is -2.41. The van der Waals surface area contributed by atoms with Crippen LogP contribution >= 0.6 is 0 Å². The van der Waals surface area contributed by atoms with Gasteiger partial charge in [0.05, 0.1) is 0 Å². The first kappa shape index (κ1) is 12.0. The second-order valence-corrected chi connectivity index (χ2v) is 4.90. The van der Waals surface area contributed by atoms with Crippen LogP contribution in [0.1, 0.15) is 19.8 Å². The van der Waals surface area contributed by atoms with Crippen molar-refractivity contribution < 1.29 is 4.79 Å². The molecule has 0 radical (unpaired) electrons. The maximum atomic E-state index is 11.6. The summed E-state index contributed by atoms with van der Waals surface area (Å²) in [6.45, 7) is 2.89. The average Bonchev–Trinajstić information content (AvgIpc) is 3.13. The molecule has 1 saturated carbocycles. The molecule has 2 rings (SSSR count). The number of amides is 1. The van der Waals surface area contributed by atoms with E-state index < -0.39 is 0 Å². The molecule has 92 valence electrons. The molecule has 0 unspecified atom stereocenters. The highest BCUT2D eigenvalue weighted by molar-refractivity contribution is 5.81. The van der Waals surface area contributed by atoms with Gasteiger partial charge in [-0.25, -0.2) is 0 Å². The maximum Gasteiger partial charge on any atom is 0.223 e. The highest BCUT2D eigenvalue weighted by Crippen LogP contribution is 2.28. The zero-order valence-corrected chi connectivity index (χ0v) is 10.5. The summed E-state index contributed by atoms with van der Waals surface area (Å²) in [5.41, 5.74) is 1.18. The molecule has 0 saturated heterocycles. The Kier molecular flexibility index (Phi) is 3.67. The molecule has 1 fully saturated rings. The Balaban J connectivity index is 1.81. The molecule has 0 heterocycles. The number of hydrogen-bond acceptors (Lipinski definition) is 2. The number of likely N-dealkylation sites (N-methyl/N-ethyl adjacent to an activating group) is 1. The van der Waals surface area contributed by atoms with Gasteiger partial charge in [0.1, 0.15) is 0 Å². The third-order valence-electron chi connectivity index (χ3n) is 3.08. The predicted molar refractivity (Wildman–Crippen MR) is 70.0 cm³/mol. The molecule has 1 atom stereocenters. The molecule has 1 aliphatic carbocycles. The van der Waals surface area contributed by atoms with Crippen LogP contribution in [0.25, 0.3) is 0 Å². The van der Waals surface area contributed by atoms with Crippen molar-refractivity contribution in [2.24, 2.45) is 5.92 Å². The van der Waals surface area contributed by atoms with E-state index in [2.05, 4.69) is 36.3 Å². The van der Waals surface area contributed by atoms with E-state index in [9.17, 15) is 4.79 Å². The van der Waals surface area contributed by atoms with Crippen molar-refractivity contribution in [3.8, 4) is 0 Å². The highest BCUT2D eigenvalue weighted by Gasteiger charge is 2.30. The lowest BCUT2D eigenvalue weighted by atomic mass is 10.2. The number of rotatable bonds is 5. The second kappa shape index (κ2) is 5.21. The van der Waals surface area contributed by atoms with E-state index >= 15 is 0 Å². The molecule has 1 aliphatic rings. The summed E-state index contributed by atoms with van der Waals surface area (Å²) in [7, 11) is 2.05. The molecule has 3 heteroatoms. The van der Waals surface area contributed by atoms with Crippen LogP contribution in [-0.2, 0) is 4.79 Å². The number of nitrogens with zero attached hydrogens (tertiary/aromatic N) is 1. The standard InChI is InChI=1S/C14H20N2O/c1-11(15-14(17)12-8-9-12)10-16(2)13-6-4-3-5-7-13/h3-7,11-12H,8-10H2,1-2H3,(H,15,17)/t11-/m1/s1. The molecule has 3 nitrogen and oxygen atoms in total. The van der Waals surface area contributed by atoms with Gasteiger partial charge in [0.25, 0.3) is 0 Å². The normalized spacial score (nSPS) is 16.4. The first-order valence-electron chi connectivity index (χ1n) is 6.23. The van der Waals surface area contributed by atoms with Crippen molar-refractivity contribution in [2.75, 3.05) is 18.5 Å². The molecule has 0 aromatic heterocycles. The zero-order chi connectivity index (χ0) is 12.3. The van der Waals surface area contributed by atoms with Gasteiger partial charge in [-0.05, 0) is 31.9 Å². The Morgan fingerprint density at radius 1 is 1.41 bits per heavy atom. The van der Waals surface area contributed by atoms with Gasteiger partial charge in [0.15, 0.2) is 0 Å². The van der Waals surface area contributed by atoms with Gasteiger partial charge in [-0.2, -0.15) is 0 Å². The van der Waals surface area contributed by atoms with Crippen LogP contribution in [0, 0.1) is 5.92 Å². The summed E-state index contributed by atoms with van der Waals surface area (Å²) in [5, 5.41) is 3.06. The first-order valence-corrected chi connectivity index (χ1v) is 6.23. The van der Waals surface area contributed by atoms with E-state index in [1.54, 1.807) is 0 Å². The van der Waals surface area contributed by atoms with Crippen LogP contribution in [-0.4, -0.2) is 25.5 Å². The minimum atomic E-state index is 0.188. The van der Waals surface area contributed by atoms with Gasteiger partial charge in [0, 0.05) is 31.2 Å². The summed E-state index contributed by atoms with van der Waals surface area (Å²) >= 11 is 0. The number of carbonyl (C=O) groups excluding carboxylic acids is 1. The molecule has 1 N–H and O–H groups in total. The van der Waals surface area contributed by atoms with Crippen molar-refractivity contribution in [1.29, 1.82) is 0 Å². The molecule has 0 aliphatic heterocycles. The topological polar surface area (TPSA) is 32.3 Å². The van der Waals surface area contributed by atoms with Crippen LogP contribution in [0.15, 0.2) is 30.3 Å². The lowest BCUT2D eigenvalue weighted by Gasteiger charge is -2.24. The summed E-state index contributed by atoms with van der Waals surface area (Å²) < 4.78 is 0. The average molecular weight is 232 g/mol. The van der Waals surface area contributed by atoms with Crippen molar-refractivity contribution in [2.45, 2.75) is 25.8 Å². The number of para-hydroxylation sites is 1. The third kappa shape index (κ3) is 3.48. The Bertz CT molecular complexity index is 373. The Morgan fingerprint density at radius 3 is 2.65 bits per heavy atom. The van der Waals surface area contributed by atoms with Crippen LogP contribution in [0.5, 0.6) is 0 Å². The van der Waals surface area contributed by atoms with Gasteiger partial charge < -0.3 is 10.2 Å². The SMILES string of the molecule is C[C@H](CN(C)c1ccccc1)NC(=O)C1CC1. The fraction of sp³-hybridized carbons (Fsp3) is 0.500. The van der Waals surface area contributed by atoms with Crippen molar-refractivity contribution in [3.63, 3.8) is 0 Å². The Labute approximate surface area is 103 Å². The molecular weight excluding hydrogens is 212 g/mol. The molecule has 1 aromatic rings. The van der Waals surface area contributed by atoms with E-state index in [0.717, 1.165) is 19.4 Å². The lowest BCUT2D eigenvalue weighted by molar-refractivity contribution is -0.122. The first-order chi connectivity index (χ1) is 8.16. The van der Waals surface area contributed by atoms with Gasteiger partial charge in [-0.15, -0.1) is 0 Å². The highest BCUT2D eigenvalue weighted by atomic mass is 16.2. The molecule has 0 bridgehead atoms. The van der Waals surface area contributed by atoms with Crippen LogP contribution < -0.4 is 10.2 Å². The van der Waals surface area contributed by atoms with E-state index in [1.807, 2.05) is 18.2 Å². The number of carbonyl (C=O) groups is 1. The molecule has 1 amide bonds. The maximum absolute atomic E-state index is 11.6. The fourth-order valence-corrected chi connectivity index (χ4v) is 1.95. The summed E-state index contributed by atoms with van der Waals surface area (Å²) in [4.78, 5) is 13.8. The van der Waals surface area contributed by atoms with Crippen LogP contribution in [0.3, 0.4) is 0 Å². The van der Waals surface area contributed by atoms with E-state index in [-0.39, 0.29) is 11.9 Å². The van der Waals surface area contributed by atoms with Crippen molar-refractivity contribution in [3.05, 3.63) is 30.3 Å². The van der Waals surface area contributed by atoms with Crippen molar-refractivity contribution in [1.82, 2.24) is 5.32 Å². The molecule has 17 heavy (non-hydrogen) atoms. The Hall–Kier alpha value is -1.51. The van der Waals surface area contributed by atoms with Gasteiger partial charge in [0.2, 0.25) is 5.91 Å². The Morgan fingerprint density at radius 2 is 2.06 bits per heavy atom. The number of nitrogens with one attached hydrogen (secondary N) is 1. The summed E-state index contributed by atoms with van der Waals surface area (Å²) in [6.07, 6.45) is 2.13. The molecule has 1 aromatic carbocycles. The number of anilines is 1. The van der Waals surface area contributed by atoms with E-state index in [4.69, 9.17) is 0 Å². The van der Waals surface area contributed by atoms with Gasteiger partial charge in [-0.3, -0.25) is 4.79 Å². The minimum Gasteiger partial charge on any atom is -0.373 e. The van der Waals surface area contributed by atoms with Crippen LogP contribution in [0.4, 0.5) is 5.69 Å². The van der Waals surface area contributed by atoms with E-state index in [1.165, 1.54) is 5.69 Å². The minimum absolute atomic E-state index is 0.188. The number of benzene rings is 1. The second-order valence-electron chi connectivity index (χ2n) is 4.90.